The Hall–Kier alpha value is -2.73. The monoisotopic (exact) mass is 362 g/mol. The van der Waals surface area contributed by atoms with Crippen molar-refractivity contribution in [1.82, 2.24) is 20.3 Å². The van der Waals surface area contributed by atoms with E-state index in [2.05, 4.69) is 49.8 Å². The summed E-state index contributed by atoms with van der Waals surface area (Å²) in [6.45, 7) is 3.08. The minimum absolute atomic E-state index is 0.621. The zero-order chi connectivity index (χ0) is 18.6. The average molecular weight is 362 g/mol. The molecular formula is C21H26N6. The third-order valence-electron chi connectivity index (χ3n) is 5.09. The Bertz CT molecular complexity index is 900. The van der Waals surface area contributed by atoms with E-state index in [9.17, 15) is 0 Å². The van der Waals surface area contributed by atoms with Gasteiger partial charge in [0.05, 0.1) is 11.2 Å². The third-order valence-corrected chi connectivity index (χ3v) is 5.09. The average Bonchev–Trinajstić information content (AvgIpc) is 2.72. The molecule has 4 rings (SSSR count). The first-order chi connectivity index (χ1) is 13.2. The van der Waals surface area contributed by atoms with Gasteiger partial charge in [-0.25, -0.2) is 9.97 Å². The van der Waals surface area contributed by atoms with Gasteiger partial charge in [-0.1, -0.05) is 12.1 Å². The topological polar surface area (TPSA) is 66.0 Å². The molecule has 1 atom stereocenters. The maximum absolute atomic E-state index is 4.88. The van der Waals surface area contributed by atoms with Crippen LogP contribution in [0.1, 0.15) is 12.8 Å². The maximum Gasteiger partial charge on any atom is 0.154 e. The molecule has 1 aromatic carbocycles. The second kappa shape index (κ2) is 7.88. The van der Waals surface area contributed by atoms with Crippen molar-refractivity contribution in [2.45, 2.75) is 12.8 Å². The van der Waals surface area contributed by atoms with Gasteiger partial charge in [-0.05, 0) is 50.0 Å². The van der Waals surface area contributed by atoms with Gasteiger partial charge in [-0.2, -0.15) is 0 Å². The number of piperidine rings is 1. The molecule has 1 fully saturated rings. The van der Waals surface area contributed by atoms with Crippen molar-refractivity contribution in [3.63, 3.8) is 0 Å². The van der Waals surface area contributed by atoms with Crippen LogP contribution in [0.25, 0.3) is 22.3 Å². The standard InChI is InChI=1S/C21H26N6/c1-27(2)17-7-5-16(6-8-17)18-12-19-20(24-11-10-23-19)21(26-18)25-14-15-4-3-9-22-13-15/h5-8,10-12,15,22H,3-4,9,13-14H2,1-2H3,(H,25,26)/t15-/m0/s1. The van der Waals surface area contributed by atoms with Gasteiger partial charge < -0.3 is 15.5 Å². The molecule has 0 saturated carbocycles. The minimum Gasteiger partial charge on any atom is -0.378 e. The second-order valence-electron chi connectivity index (χ2n) is 7.31. The molecule has 0 aliphatic carbocycles. The SMILES string of the molecule is CN(C)c1ccc(-c2cc3nccnc3c(NC[C@H]3CCCNC3)n2)cc1. The molecule has 0 bridgehead atoms. The van der Waals surface area contributed by atoms with Gasteiger partial charge in [0.1, 0.15) is 5.52 Å². The lowest BCUT2D eigenvalue weighted by Crippen LogP contribution is -2.33. The van der Waals surface area contributed by atoms with E-state index in [0.29, 0.717) is 5.92 Å². The fourth-order valence-electron chi connectivity index (χ4n) is 3.51. The molecule has 6 nitrogen and oxygen atoms in total. The van der Waals surface area contributed by atoms with E-state index >= 15 is 0 Å². The Kier molecular flexibility index (Phi) is 5.16. The molecule has 6 heteroatoms. The van der Waals surface area contributed by atoms with Crippen LogP contribution in [0.2, 0.25) is 0 Å². The number of fused-ring (bicyclic) bond motifs is 1. The van der Waals surface area contributed by atoms with E-state index in [-0.39, 0.29) is 0 Å². The smallest absolute Gasteiger partial charge is 0.154 e. The molecule has 3 aromatic rings. The lowest BCUT2D eigenvalue weighted by molar-refractivity contribution is 0.392. The van der Waals surface area contributed by atoms with E-state index in [0.717, 1.165) is 47.7 Å². The Morgan fingerprint density at radius 2 is 1.96 bits per heavy atom. The number of aromatic nitrogens is 3. The number of benzene rings is 1. The number of pyridine rings is 1. The van der Waals surface area contributed by atoms with Crippen molar-refractivity contribution in [2.75, 3.05) is 43.9 Å². The Labute approximate surface area is 160 Å². The molecule has 27 heavy (non-hydrogen) atoms. The number of anilines is 2. The fourth-order valence-corrected chi connectivity index (χ4v) is 3.51. The largest absolute Gasteiger partial charge is 0.378 e. The molecule has 3 heterocycles. The van der Waals surface area contributed by atoms with Gasteiger partial charge in [-0.15, -0.1) is 0 Å². The van der Waals surface area contributed by atoms with E-state index in [4.69, 9.17) is 4.98 Å². The summed E-state index contributed by atoms with van der Waals surface area (Å²) in [5.41, 5.74) is 4.86. The number of rotatable bonds is 5. The van der Waals surface area contributed by atoms with E-state index < -0.39 is 0 Å². The molecule has 140 valence electrons. The summed E-state index contributed by atoms with van der Waals surface area (Å²) >= 11 is 0. The molecule has 0 amide bonds. The zero-order valence-electron chi connectivity index (χ0n) is 15.9. The van der Waals surface area contributed by atoms with Gasteiger partial charge in [0, 0.05) is 44.3 Å². The molecule has 1 aliphatic heterocycles. The van der Waals surface area contributed by atoms with Crippen LogP contribution in [0.15, 0.2) is 42.7 Å². The van der Waals surface area contributed by atoms with Crippen molar-refractivity contribution < 1.29 is 0 Å². The molecule has 2 aromatic heterocycles. The second-order valence-corrected chi connectivity index (χ2v) is 7.31. The lowest BCUT2D eigenvalue weighted by Gasteiger charge is -2.23. The highest BCUT2D eigenvalue weighted by Crippen LogP contribution is 2.27. The lowest BCUT2D eigenvalue weighted by atomic mass is 10.00. The van der Waals surface area contributed by atoms with Crippen LogP contribution in [0, 0.1) is 5.92 Å². The highest BCUT2D eigenvalue weighted by atomic mass is 15.1. The molecule has 0 radical (unpaired) electrons. The van der Waals surface area contributed by atoms with Crippen molar-refractivity contribution >= 4 is 22.5 Å². The van der Waals surface area contributed by atoms with Crippen LogP contribution >= 0.6 is 0 Å². The van der Waals surface area contributed by atoms with E-state index in [1.807, 2.05) is 20.2 Å². The van der Waals surface area contributed by atoms with Crippen LogP contribution < -0.4 is 15.5 Å². The molecule has 0 spiro atoms. The number of nitrogens with one attached hydrogen (secondary N) is 2. The van der Waals surface area contributed by atoms with Crippen LogP contribution in [0.4, 0.5) is 11.5 Å². The molecule has 1 aliphatic rings. The highest BCUT2D eigenvalue weighted by molar-refractivity contribution is 5.88. The number of nitrogens with zero attached hydrogens (tertiary/aromatic N) is 4. The van der Waals surface area contributed by atoms with E-state index in [1.54, 1.807) is 12.4 Å². The summed E-state index contributed by atoms with van der Waals surface area (Å²) in [7, 11) is 4.09. The first kappa shape index (κ1) is 17.7. The van der Waals surface area contributed by atoms with Crippen molar-refractivity contribution in [1.29, 1.82) is 0 Å². The van der Waals surface area contributed by atoms with Crippen molar-refractivity contribution in [2.24, 2.45) is 5.92 Å². The van der Waals surface area contributed by atoms with Crippen molar-refractivity contribution in [3.05, 3.63) is 42.7 Å². The fraction of sp³-hybridized carbons (Fsp3) is 0.381. The highest BCUT2D eigenvalue weighted by Gasteiger charge is 2.15. The summed E-state index contributed by atoms with van der Waals surface area (Å²) in [6.07, 6.45) is 5.94. The maximum atomic E-state index is 4.88. The van der Waals surface area contributed by atoms with Crippen molar-refractivity contribution in [3.8, 4) is 11.3 Å². The first-order valence-electron chi connectivity index (χ1n) is 9.55. The first-order valence-corrected chi connectivity index (χ1v) is 9.55. The third kappa shape index (κ3) is 4.01. The zero-order valence-corrected chi connectivity index (χ0v) is 15.9. The van der Waals surface area contributed by atoms with Gasteiger partial charge >= 0.3 is 0 Å². The molecule has 1 saturated heterocycles. The number of hydrogen-bond acceptors (Lipinski definition) is 6. The molecule has 0 unspecified atom stereocenters. The predicted octanol–water partition coefficient (Wildman–Crippen LogP) is 3.17. The summed E-state index contributed by atoms with van der Waals surface area (Å²) < 4.78 is 0. The summed E-state index contributed by atoms with van der Waals surface area (Å²) in [5, 5.41) is 7.00. The Balaban J connectivity index is 1.65. The van der Waals surface area contributed by atoms with Crippen LogP contribution in [-0.4, -0.2) is 48.7 Å². The van der Waals surface area contributed by atoms with Crippen LogP contribution in [0.5, 0.6) is 0 Å². The van der Waals surface area contributed by atoms with Crippen LogP contribution in [0.3, 0.4) is 0 Å². The van der Waals surface area contributed by atoms with Gasteiger partial charge in [-0.3, -0.25) is 4.98 Å². The minimum atomic E-state index is 0.621. The number of hydrogen-bond donors (Lipinski definition) is 2. The van der Waals surface area contributed by atoms with Crippen LogP contribution in [-0.2, 0) is 0 Å². The predicted molar refractivity (Wildman–Crippen MR) is 111 cm³/mol. The molecule has 2 N–H and O–H groups in total. The van der Waals surface area contributed by atoms with Gasteiger partial charge in [0.2, 0.25) is 0 Å². The summed E-state index contributed by atoms with van der Waals surface area (Å²) in [6, 6.07) is 10.4. The van der Waals surface area contributed by atoms with Gasteiger partial charge in [0.25, 0.3) is 0 Å². The molecular weight excluding hydrogens is 336 g/mol. The normalized spacial score (nSPS) is 17.0. The van der Waals surface area contributed by atoms with Gasteiger partial charge in [0.15, 0.2) is 5.82 Å². The Morgan fingerprint density at radius 1 is 1.15 bits per heavy atom. The summed E-state index contributed by atoms with van der Waals surface area (Å²) in [4.78, 5) is 16.0. The quantitative estimate of drug-likeness (QED) is 0.727. The summed E-state index contributed by atoms with van der Waals surface area (Å²) in [5.74, 6) is 1.44. The Morgan fingerprint density at radius 3 is 2.70 bits per heavy atom. The van der Waals surface area contributed by atoms with E-state index in [1.165, 1.54) is 18.5 Å².